The Labute approximate surface area is 145 Å². The summed E-state index contributed by atoms with van der Waals surface area (Å²) in [5.74, 6) is 2.06. The van der Waals surface area contributed by atoms with Crippen LogP contribution in [0.3, 0.4) is 0 Å². The van der Waals surface area contributed by atoms with Crippen molar-refractivity contribution in [2.45, 2.75) is 12.3 Å². The van der Waals surface area contributed by atoms with Crippen molar-refractivity contribution in [1.82, 2.24) is 4.90 Å². The predicted molar refractivity (Wildman–Crippen MR) is 93.6 cm³/mol. The number of methoxy groups -OCH3 is 1. The summed E-state index contributed by atoms with van der Waals surface area (Å²) < 4.78 is 10.4. The Morgan fingerprint density at radius 3 is 2.74 bits per heavy atom. The van der Waals surface area contributed by atoms with Crippen LogP contribution >= 0.6 is 23.4 Å². The van der Waals surface area contributed by atoms with Crippen molar-refractivity contribution in [3.05, 3.63) is 59.0 Å². The van der Waals surface area contributed by atoms with E-state index in [4.69, 9.17) is 20.8 Å². The summed E-state index contributed by atoms with van der Waals surface area (Å²) in [6.45, 7) is 1.53. The highest BCUT2D eigenvalue weighted by molar-refractivity contribution is 7.99. The lowest BCUT2D eigenvalue weighted by Crippen LogP contribution is -2.34. The lowest BCUT2D eigenvalue weighted by Gasteiger charge is -2.21. The third-order valence-electron chi connectivity index (χ3n) is 3.25. The monoisotopic (exact) mass is 353 g/mol. The smallest absolute Gasteiger partial charge is 0.233 e. The number of nitrogens with zero attached hydrogens (tertiary/aromatic N) is 1. The van der Waals surface area contributed by atoms with Crippen LogP contribution in [0.15, 0.2) is 47.1 Å². The molecule has 2 aromatic rings. The standard InChI is InChI=1S/C17H20ClNO3S/c1-21-10-8-19(11-16-3-2-9-22-16)17(20)13-23-12-14-4-6-15(18)7-5-14/h2-7,9H,8,10-13H2,1H3. The quantitative estimate of drug-likeness (QED) is 0.687. The molecule has 0 atom stereocenters. The van der Waals surface area contributed by atoms with Crippen LogP contribution in [-0.4, -0.2) is 36.8 Å². The third kappa shape index (κ3) is 6.29. The number of thioether (sulfide) groups is 1. The van der Waals surface area contributed by atoms with E-state index in [1.54, 1.807) is 30.0 Å². The molecule has 0 saturated carbocycles. The Morgan fingerprint density at radius 2 is 2.09 bits per heavy atom. The van der Waals surface area contributed by atoms with Gasteiger partial charge in [-0.15, -0.1) is 11.8 Å². The van der Waals surface area contributed by atoms with Crippen molar-refractivity contribution in [2.24, 2.45) is 0 Å². The average molecular weight is 354 g/mol. The van der Waals surface area contributed by atoms with Gasteiger partial charge < -0.3 is 14.1 Å². The zero-order chi connectivity index (χ0) is 16.5. The summed E-state index contributed by atoms with van der Waals surface area (Å²) in [6, 6.07) is 11.4. The van der Waals surface area contributed by atoms with Gasteiger partial charge in [0.2, 0.25) is 5.91 Å². The fourth-order valence-corrected chi connectivity index (χ4v) is 3.03. The van der Waals surface area contributed by atoms with Crippen molar-refractivity contribution in [1.29, 1.82) is 0 Å². The molecule has 0 aliphatic rings. The molecule has 1 amide bonds. The molecule has 1 aromatic carbocycles. The number of carbonyl (C=O) groups excluding carboxylic acids is 1. The third-order valence-corrected chi connectivity index (χ3v) is 4.49. The molecule has 6 heteroatoms. The Bertz CT molecular complexity index is 586. The van der Waals surface area contributed by atoms with Gasteiger partial charge in [-0.25, -0.2) is 0 Å². The molecule has 0 N–H and O–H groups in total. The van der Waals surface area contributed by atoms with Gasteiger partial charge in [-0.1, -0.05) is 23.7 Å². The Balaban J connectivity index is 1.82. The lowest BCUT2D eigenvalue weighted by atomic mass is 10.2. The molecule has 0 aliphatic carbocycles. The molecule has 0 radical (unpaired) electrons. The number of carbonyl (C=O) groups is 1. The van der Waals surface area contributed by atoms with Gasteiger partial charge in [-0.3, -0.25) is 4.79 Å². The second-order valence-electron chi connectivity index (χ2n) is 5.01. The van der Waals surface area contributed by atoms with Crippen LogP contribution in [0.4, 0.5) is 0 Å². The first-order valence-corrected chi connectivity index (χ1v) is 8.83. The zero-order valence-electron chi connectivity index (χ0n) is 13.0. The lowest BCUT2D eigenvalue weighted by molar-refractivity contribution is -0.129. The molecule has 23 heavy (non-hydrogen) atoms. The van der Waals surface area contributed by atoms with Crippen molar-refractivity contribution < 1.29 is 13.9 Å². The molecule has 0 aliphatic heterocycles. The topological polar surface area (TPSA) is 42.7 Å². The minimum absolute atomic E-state index is 0.0809. The maximum atomic E-state index is 12.4. The maximum Gasteiger partial charge on any atom is 0.233 e. The van der Waals surface area contributed by atoms with Crippen molar-refractivity contribution in [3.8, 4) is 0 Å². The number of hydrogen-bond donors (Lipinski definition) is 0. The number of hydrogen-bond acceptors (Lipinski definition) is 4. The van der Waals surface area contributed by atoms with E-state index in [1.807, 2.05) is 36.4 Å². The minimum Gasteiger partial charge on any atom is -0.467 e. The average Bonchev–Trinajstić information content (AvgIpc) is 3.06. The number of halogens is 1. The molecular formula is C17H20ClNO3S. The van der Waals surface area contributed by atoms with Gasteiger partial charge in [-0.2, -0.15) is 0 Å². The van der Waals surface area contributed by atoms with Crippen LogP contribution in [0.1, 0.15) is 11.3 Å². The van der Waals surface area contributed by atoms with Crippen LogP contribution in [-0.2, 0) is 21.8 Å². The first-order chi connectivity index (χ1) is 11.2. The number of benzene rings is 1. The summed E-state index contributed by atoms with van der Waals surface area (Å²) in [5.41, 5.74) is 1.15. The van der Waals surface area contributed by atoms with E-state index in [-0.39, 0.29) is 5.91 Å². The Hall–Kier alpha value is -1.43. The van der Waals surface area contributed by atoms with E-state index in [0.29, 0.717) is 25.4 Å². The Kier molecular flexibility index (Phi) is 7.52. The molecule has 0 spiro atoms. The van der Waals surface area contributed by atoms with Crippen LogP contribution in [0.25, 0.3) is 0 Å². The minimum atomic E-state index is 0.0809. The number of furan rings is 1. The summed E-state index contributed by atoms with van der Waals surface area (Å²) in [5, 5.41) is 0.721. The fourth-order valence-electron chi connectivity index (χ4n) is 2.01. The van der Waals surface area contributed by atoms with E-state index < -0.39 is 0 Å². The van der Waals surface area contributed by atoms with Gasteiger partial charge in [-0.05, 0) is 29.8 Å². The largest absolute Gasteiger partial charge is 0.467 e. The highest BCUT2D eigenvalue weighted by Crippen LogP contribution is 2.16. The second kappa shape index (κ2) is 9.65. The number of rotatable bonds is 9. The molecule has 0 saturated heterocycles. The van der Waals surface area contributed by atoms with Crippen molar-refractivity contribution in [2.75, 3.05) is 26.0 Å². The zero-order valence-corrected chi connectivity index (χ0v) is 14.6. The fraction of sp³-hybridized carbons (Fsp3) is 0.353. The first kappa shape index (κ1) is 17.9. The highest BCUT2D eigenvalue weighted by atomic mass is 35.5. The normalized spacial score (nSPS) is 10.7. The Morgan fingerprint density at radius 1 is 1.30 bits per heavy atom. The summed E-state index contributed by atoms with van der Waals surface area (Å²) >= 11 is 7.45. The van der Waals surface area contributed by atoms with E-state index in [1.165, 1.54) is 0 Å². The van der Waals surface area contributed by atoms with Crippen molar-refractivity contribution >= 4 is 29.3 Å². The van der Waals surface area contributed by atoms with Gasteiger partial charge >= 0.3 is 0 Å². The molecule has 0 bridgehead atoms. The SMILES string of the molecule is COCCN(Cc1ccco1)C(=O)CSCc1ccc(Cl)cc1. The van der Waals surface area contributed by atoms with Crippen LogP contribution in [0.2, 0.25) is 5.02 Å². The predicted octanol–water partition coefficient (Wildman–Crippen LogP) is 3.84. The summed E-state index contributed by atoms with van der Waals surface area (Å²) in [7, 11) is 1.63. The molecule has 0 fully saturated rings. The van der Waals surface area contributed by atoms with Crippen LogP contribution in [0, 0.1) is 0 Å². The molecule has 1 aromatic heterocycles. The number of amides is 1. The van der Waals surface area contributed by atoms with Gasteiger partial charge in [0.15, 0.2) is 0 Å². The van der Waals surface area contributed by atoms with Crippen LogP contribution in [0.5, 0.6) is 0 Å². The summed E-state index contributed by atoms with van der Waals surface area (Å²) in [4.78, 5) is 14.2. The van der Waals surface area contributed by atoms with Gasteiger partial charge in [0.25, 0.3) is 0 Å². The molecule has 2 rings (SSSR count). The second-order valence-corrected chi connectivity index (χ2v) is 6.43. The van der Waals surface area contributed by atoms with Crippen LogP contribution < -0.4 is 0 Å². The molecule has 124 valence electrons. The van der Waals surface area contributed by atoms with E-state index in [9.17, 15) is 4.79 Å². The highest BCUT2D eigenvalue weighted by Gasteiger charge is 2.15. The molecule has 1 heterocycles. The first-order valence-electron chi connectivity index (χ1n) is 7.30. The van der Waals surface area contributed by atoms with E-state index in [0.717, 1.165) is 22.1 Å². The van der Waals surface area contributed by atoms with E-state index >= 15 is 0 Å². The molecular weight excluding hydrogens is 334 g/mol. The maximum absolute atomic E-state index is 12.4. The molecule has 4 nitrogen and oxygen atoms in total. The van der Waals surface area contributed by atoms with Crippen molar-refractivity contribution in [3.63, 3.8) is 0 Å². The van der Waals surface area contributed by atoms with Gasteiger partial charge in [0.05, 0.1) is 25.2 Å². The number of ether oxygens (including phenoxy) is 1. The summed E-state index contributed by atoms with van der Waals surface area (Å²) in [6.07, 6.45) is 1.61. The van der Waals surface area contributed by atoms with Gasteiger partial charge in [0, 0.05) is 24.4 Å². The van der Waals surface area contributed by atoms with E-state index in [2.05, 4.69) is 0 Å². The van der Waals surface area contributed by atoms with Gasteiger partial charge in [0.1, 0.15) is 5.76 Å². The molecule has 0 unspecified atom stereocenters.